The topological polar surface area (TPSA) is 269 Å². The maximum absolute atomic E-state index is 16.0. The standard InChI is InChI=1S/C20H24FN11O9P2S2/c21-11-14(10(3-37-42(35,44)30-34)40-20(11)32-7-29-13-16(23)25-5-27-18(13)32)41-43(36,45)38-2-8-1-9(33)19(39-8)31-6-28-12-15(22)24-4-26-17(12)31/h4-11,14,19-20,33H,1-3H2,(H,35,44)(H,36,45)(H2,22,24,26)(H2,23,25,27)/t8-,9+,10+,11+,14+,19+,20+,42?,43?/m0/s1. The van der Waals surface area contributed by atoms with Gasteiger partial charge in [0.1, 0.15) is 42.0 Å². The van der Waals surface area contributed by atoms with Crippen LogP contribution in [0.2, 0.25) is 0 Å². The number of aliphatic hydroxyl groups is 1. The zero-order chi connectivity index (χ0) is 32.1. The van der Waals surface area contributed by atoms with E-state index in [0.717, 1.165) is 6.33 Å². The van der Waals surface area contributed by atoms with Gasteiger partial charge >= 0.3 is 13.5 Å². The predicted octanol–water partition coefficient (Wildman–Crippen LogP) is 1.98. The third-order valence-corrected chi connectivity index (χ3v) is 9.82. The Balaban J connectivity index is 1.16. The van der Waals surface area contributed by atoms with Gasteiger partial charge in [0.25, 0.3) is 0 Å². The van der Waals surface area contributed by atoms with Gasteiger partial charge < -0.3 is 26.0 Å². The Morgan fingerprint density at radius 2 is 1.56 bits per heavy atom. The molecule has 2 aliphatic heterocycles. The van der Waals surface area contributed by atoms with Crippen molar-refractivity contribution in [1.82, 2.24) is 39.0 Å². The number of imidazole rings is 2. The van der Waals surface area contributed by atoms with Crippen molar-refractivity contribution in [2.75, 3.05) is 24.7 Å². The molecular weight excluding hydrogens is 683 g/mol. The number of nitrogens with two attached hydrogens (primary N) is 2. The molecule has 0 spiro atoms. The highest BCUT2D eigenvalue weighted by atomic mass is 32.7. The van der Waals surface area contributed by atoms with Crippen LogP contribution in [0.4, 0.5) is 16.0 Å². The van der Waals surface area contributed by atoms with Gasteiger partial charge in [0, 0.05) is 11.4 Å². The van der Waals surface area contributed by atoms with E-state index >= 15 is 4.39 Å². The lowest BCUT2D eigenvalue weighted by atomic mass is 10.1. The Morgan fingerprint density at radius 3 is 2.16 bits per heavy atom. The molecule has 6 rings (SSSR count). The molecular formula is C20H24FN11O9P2S2. The van der Waals surface area contributed by atoms with Crippen LogP contribution in [-0.2, 0) is 32.2 Å². The van der Waals surface area contributed by atoms with Crippen LogP contribution in [0.25, 0.3) is 22.3 Å². The number of aromatic nitrogens is 8. The van der Waals surface area contributed by atoms with E-state index in [-0.39, 0.29) is 29.2 Å². The lowest BCUT2D eigenvalue weighted by Gasteiger charge is -2.24. The van der Waals surface area contributed by atoms with Gasteiger partial charge in [-0.05, 0) is 0 Å². The summed E-state index contributed by atoms with van der Waals surface area (Å²) in [6, 6.07) is 0. The van der Waals surface area contributed by atoms with Crippen LogP contribution in [-0.4, -0.2) is 87.9 Å². The summed E-state index contributed by atoms with van der Waals surface area (Å²) in [6.45, 7) is -9.75. The summed E-state index contributed by atoms with van der Waals surface area (Å²) in [5.74, 6) is 0.173. The molecule has 0 saturated carbocycles. The summed E-state index contributed by atoms with van der Waals surface area (Å²) in [7, 11) is 0. The fourth-order valence-electron chi connectivity index (χ4n) is 4.93. The maximum Gasteiger partial charge on any atom is 0.405 e. The minimum Gasteiger partial charge on any atom is -0.388 e. The molecule has 4 aromatic rings. The van der Waals surface area contributed by atoms with Crippen LogP contribution in [0.5, 0.6) is 0 Å². The van der Waals surface area contributed by atoms with Gasteiger partial charge in [-0.3, -0.25) is 27.3 Å². The third-order valence-electron chi connectivity index (χ3n) is 6.94. The summed E-state index contributed by atoms with van der Waals surface area (Å²) in [5.41, 5.74) is 12.6. The molecule has 4 aromatic heterocycles. The van der Waals surface area contributed by atoms with E-state index in [1.807, 2.05) is 0 Å². The number of fused-ring (bicyclic) bond motifs is 2. The highest BCUT2D eigenvalue weighted by Gasteiger charge is 2.51. The van der Waals surface area contributed by atoms with Crippen molar-refractivity contribution >= 4 is 72.0 Å². The van der Waals surface area contributed by atoms with E-state index in [1.165, 1.54) is 28.1 Å². The SMILES string of the molecule is Nc1ncnc2c1ncn2[C@@H]1O[C@H](COP(=O)(S)N=O)[C@@H](OP(=O)(S)OC[C@@H]2C[C@@H](O)[C@H](n3cnc4c(N)ncnc43)O2)[C@H]1F. The van der Waals surface area contributed by atoms with E-state index in [9.17, 15) is 19.1 Å². The number of halogens is 1. The van der Waals surface area contributed by atoms with Gasteiger partial charge in [0.2, 0.25) is 0 Å². The minimum absolute atomic E-state index is 0.0290. The van der Waals surface area contributed by atoms with Crippen LogP contribution >= 0.6 is 38.0 Å². The van der Waals surface area contributed by atoms with Crippen LogP contribution in [0.3, 0.4) is 0 Å². The lowest BCUT2D eigenvalue weighted by Crippen LogP contribution is -2.33. The van der Waals surface area contributed by atoms with Crippen molar-refractivity contribution in [1.29, 1.82) is 0 Å². The second kappa shape index (κ2) is 12.4. The van der Waals surface area contributed by atoms with Gasteiger partial charge in [-0.25, -0.2) is 38.9 Å². The van der Waals surface area contributed by atoms with Crippen molar-refractivity contribution in [2.24, 2.45) is 4.95 Å². The number of nitroso groups, excluding NO2 is 1. The van der Waals surface area contributed by atoms with E-state index in [4.69, 9.17) is 34.5 Å². The van der Waals surface area contributed by atoms with Crippen molar-refractivity contribution in [3.05, 3.63) is 30.2 Å². The average molecular weight is 708 g/mol. The van der Waals surface area contributed by atoms with Gasteiger partial charge in [0.15, 0.2) is 41.6 Å². The molecule has 0 radical (unpaired) electrons. The van der Waals surface area contributed by atoms with Crippen molar-refractivity contribution < 1.29 is 41.7 Å². The summed E-state index contributed by atoms with van der Waals surface area (Å²) in [5, 5.41) is 10.7. The molecule has 2 unspecified atom stereocenters. The molecule has 20 nitrogen and oxygen atoms in total. The number of aliphatic hydroxyl groups excluding tert-OH is 1. The number of hydrogen-bond donors (Lipinski definition) is 5. The molecule has 2 saturated heterocycles. The summed E-state index contributed by atoms with van der Waals surface area (Å²) >= 11 is 7.54. The van der Waals surface area contributed by atoms with Gasteiger partial charge in [-0.2, -0.15) is 0 Å². The maximum atomic E-state index is 16.0. The number of thiol groups is 2. The van der Waals surface area contributed by atoms with E-state index in [1.54, 1.807) is 0 Å². The third kappa shape index (κ3) is 6.42. The van der Waals surface area contributed by atoms with Crippen LogP contribution in [0.1, 0.15) is 18.9 Å². The first-order chi connectivity index (χ1) is 21.4. The zero-order valence-electron chi connectivity index (χ0n) is 22.5. The Morgan fingerprint density at radius 1 is 0.956 bits per heavy atom. The first-order valence-corrected chi connectivity index (χ1v) is 18.3. The molecule has 0 bridgehead atoms. The summed E-state index contributed by atoms with van der Waals surface area (Å²) in [4.78, 5) is 37.3. The number of nitrogen functional groups attached to an aromatic ring is 2. The molecule has 5 N–H and O–H groups in total. The van der Waals surface area contributed by atoms with Crippen molar-refractivity contribution in [3.8, 4) is 0 Å². The number of ether oxygens (including phenoxy) is 2. The number of nitrogens with zero attached hydrogens (tertiary/aromatic N) is 9. The van der Waals surface area contributed by atoms with E-state index < -0.39 is 69.8 Å². The zero-order valence-corrected chi connectivity index (χ0v) is 26.1. The summed E-state index contributed by atoms with van der Waals surface area (Å²) < 4.78 is 71.4. The average Bonchev–Trinajstić information content (AvgIpc) is 3.77. The molecule has 25 heteroatoms. The summed E-state index contributed by atoms with van der Waals surface area (Å²) in [6.07, 6.45) is -4.50. The monoisotopic (exact) mass is 707 g/mol. The molecule has 0 aliphatic carbocycles. The highest BCUT2D eigenvalue weighted by Crippen LogP contribution is 2.58. The first-order valence-electron chi connectivity index (χ1n) is 12.8. The number of alkyl halides is 1. The molecule has 2 aliphatic rings. The molecule has 6 heterocycles. The fraction of sp³-hybridized carbons (Fsp3) is 0.500. The number of rotatable bonds is 11. The van der Waals surface area contributed by atoms with Gasteiger partial charge in [-0.15, -0.1) is 4.91 Å². The second-order valence-corrected chi connectivity index (χ2v) is 15.6. The van der Waals surface area contributed by atoms with Gasteiger partial charge in [-0.1, -0.05) is 24.5 Å². The Bertz CT molecular complexity index is 1840. The van der Waals surface area contributed by atoms with E-state index in [2.05, 4.69) is 59.3 Å². The normalized spacial score (nSPS) is 29.6. The Hall–Kier alpha value is -2.85. The molecule has 0 aromatic carbocycles. The second-order valence-electron chi connectivity index (χ2n) is 9.83. The molecule has 45 heavy (non-hydrogen) atoms. The molecule has 0 amide bonds. The minimum atomic E-state index is -4.39. The Labute approximate surface area is 261 Å². The quantitative estimate of drug-likeness (QED) is 0.0847. The molecule has 9 atom stereocenters. The predicted molar refractivity (Wildman–Crippen MR) is 159 cm³/mol. The van der Waals surface area contributed by atoms with Crippen molar-refractivity contribution in [3.63, 3.8) is 0 Å². The van der Waals surface area contributed by atoms with Crippen molar-refractivity contribution in [2.45, 2.75) is 49.5 Å². The highest BCUT2D eigenvalue weighted by molar-refractivity contribution is 8.45. The van der Waals surface area contributed by atoms with Gasteiger partial charge in [0.05, 0.1) is 32.0 Å². The molecule has 242 valence electrons. The van der Waals surface area contributed by atoms with Crippen LogP contribution in [0, 0.1) is 4.91 Å². The Kier molecular flexibility index (Phi) is 8.84. The largest absolute Gasteiger partial charge is 0.405 e. The number of anilines is 2. The van der Waals surface area contributed by atoms with Crippen LogP contribution in [0.15, 0.2) is 30.3 Å². The first kappa shape index (κ1) is 32.1. The van der Waals surface area contributed by atoms with Crippen LogP contribution < -0.4 is 11.5 Å². The lowest BCUT2D eigenvalue weighted by molar-refractivity contribution is -0.0495. The fourth-order valence-corrected chi connectivity index (χ4v) is 7.02. The number of hydrogen-bond acceptors (Lipinski definition) is 17. The smallest absolute Gasteiger partial charge is 0.388 e. The molecule has 2 fully saturated rings. The van der Waals surface area contributed by atoms with E-state index in [0.29, 0.717) is 11.2 Å².